The summed E-state index contributed by atoms with van der Waals surface area (Å²) in [5.74, 6) is -0.584. The van der Waals surface area contributed by atoms with Crippen molar-refractivity contribution in [1.82, 2.24) is 0 Å². The molecule has 0 aliphatic heterocycles. The molecule has 0 aromatic heterocycles. The Balaban J connectivity index is 2.04. The lowest BCUT2D eigenvalue weighted by molar-refractivity contribution is -0.118. The van der Waals surface area contributed by atoms with E-state index in [0.29, 0.717) is 23.7 Å². The van der Waals surface area contributed by atoms with E-state index in [4.69, 9.17) is 26.3 Å². The van der Waals surface area contributed by atoms with Crippen LogP contribution in [0.4, 0.5) is 10.1 Å². The molecule has 1 amide bonds. The van der Waals surface area contributed by atoms with Gasteiger partial charge in [-0.15, -0.1) is 0 Å². The van der Waals surface area contributed by atoms with Gasteiger partial charge in [0, 0.05) is 6.07 Å². The molecule has 0 aliphatic rings. The van der Waals surface area contributed by atoms with Crippen LogP contribution in [-0.2, 0) is 4.79 Å². The van der Waals surface area contributed by atoms with Crippen LogP contribution in [0.2, 0.25) is 5.02 Å². The van der Waals surface area contributed by atoms with Crippen molar-refractivity contribution in [3.05, 3.63) is 52.8 Å². The first-order valence-electron chi connectivity index (χ1n) is 7.08. The highest BCUT2D eigenvalue weighted by Crippen LogP contribution is 2.28. The lowest BCUT2D eigenvalue weighted by Crippen LogP contribution is -2.21. The highest BCUT2D eigenvalue weighted by atomic mass is 35.5. The third kappa shape index (κ3) is 4.37. The van der Waals surface area contributed by atoms with Crippen LogP contribution in [0.3, 0.4) is 0 Å². The summed E-state index contributed by atoms with van der Waals surface area (Å²) in [5.41, 5.74) is 0.386. The minimum absolute atomic E-state index is 0.0269. The predicted octanol–water partition coefficient (Wildman–Crippen LogP) is 3.77. The Morgan fingerprint density at radius 2 is 2.08 bits per heavy atom. The molecule has 2 aromatic carbocycles. The van der Waals surface area contributed by atoms with Gasteiger partial charge in [0.1, 0.15) is 0 Å². The second-order valence-corrected chi connectivity index (χ2v) is 5.05. The quantitative estimate of drug-likeness (QED) is 0.862. The van der Waals surface area contributed by atoms with Gasteiger partial charge in [-0.05, 0) is 31.2 Å². The van der Waals surface area contributed by atoms with Crippen LogP contribution in [0.1, 0.15) is 12.5 Å². The molecule has 0 aliphatic carbocycles. The maximum Gasteiger partial charge on any atom is 0.262 e. The number of hydrogen-bond donors (Lipinski definition) is 1. The molecule has 0 bridgehead atoms. The molecular weight excluding hydrogens is 335 g/mol. The third-order valence-electron chi connectivity index (χ3n) is 2.96. The van der Waals surface area contributed by atoms with Crippen molar-refractivity contribution in [2.45, 2.75) is 6.92 Å². The summed E-state index contributed by atoms with van der Waals surface area (Å²) in [6.07, 6.45) is 0. The van der Waals surface area contributed by atoms with Gasteiger partial charge in [-0.25, -0.2) is 4.39 Å². The van der Waals surface area contributed by atoms with E-state index in [1.54, 1.807) is 13.0 Å². The van der Waals surface area contributed by atoms with Crippen LogP contribution in [0.15, 0.2) is 36.4 Å². The van der Waals surface area contributed by atoms with Gasteiger partial charge < -0.3 is 14.8 Å². The Kier molecular flexibility index (Phi) is 5.99. The van der Waals surface area contributed by atoms with Crippen LogP contribution < -0.4 is 14.8 Å². The number of rotatable bonds is 6. The molecule has 1 N–H and O–H groups in total. The van der Waals surface area contributed by atoms with E-state index in [0.717, 1.165) is 0 Å². The van der Waals surface area contributed by atoms with Gasteiger partial charge in [0.25, 0.3) is 5.91 Å². The van der Waals surface area contributed by atoms with Gasteiger partial charge in [-0.3, -0.25) is 4.79 Å². The fourth-order valence-corrected chi connectivity index (χ4v) is 2.07. The van der Waals surface area contributed by atoms with Gasteiger partial charge in [0.15, 0.2) is 23.9 Å². The molecule has 5 nitrogen and oxygen atoms in total. The molecule has 0 radical (unpaired) electrons. The van der Waals surface area contributed by atoms with E-state index in [1.165, 1.54) is 30.3 Å². The van der Waals surface area contributed by atoms with Crippen LogP contribution in [0, 0.1) is 17.1 Å². The summed E-state index contributed by atoms with van der Waals surface area (Å²) in [6, 6.07) is 10.9. The van der Waals surface area contributed by atoms with E-state index in [2.05, 4.69) is 5.32 Å². The fraction of sp³-hybridized carbons (Fsp3) is 0.176. The summed E-state index contributed by atoms with van der Waals surface area (Å²) in [4.78, 5) is 11.9. The molecule has 2 rings (SSSR count). The van der Waals surface area contributed by atoms with Gasteiger partial charge in [-0.2, -0.15) is 5.26 Å². The minimum Gasteiger partial charge on any atom is -0.490 e. The number of anilines is 1. The predicted molar refractivity (Wildman–Crippen MR) is 87.9 cm³/mol. The molecule has 7 heteroatoms. The lowest BCUT2D eigenvalue weighted by atomic mass is 10.2. The Morgan fingerprint density at radius 3 is 2.79 bits per heavy atom. The van der Waals surface area contributed by atoms with E-state index in [-0.39, 0.29) is 17.3 Å². The van der Waals surface area contributed by atoms with Crippen molar-refractivity contribution in [2.75, 3.05) is 18.5 Å². The van der Waals surface area contributed by atoms with Crippen molar-refractivity contribution in [1.29, 1.82) is 5.26 Å². The zero-order chi connectivity index (χ0) is 17.5. The Labute approximate surface area is 143 Å². The number of benzene rings is 2. The van der Waals surface area contributed by atoms with Crippen molar-refractivity contribution in [2.24, 2.45) is 0 Å². The normalized spacial score (nSPS) is 9.92. The maximum absolute atomic E-state index is 13.7. The highest BCUT2D eigenvalue weighted by Gasteiger charge is 2.12. The summed E-state index contributed by atoms with van der Waals surface area (Å²) < 4.78 is 24.5. The molecule has 0 saturated heterocycles. The van der Waals surface area contributed by atoms with E-state index in [1.807, 2.05) is 6.07 Å². The monoisotopic (exact) mass is 348 g/mol. The first-order chi connectivity index (χ1) is 11.5. The Hall–Kier alpha value is -2.78. The molecule has 24 heavy (non-hydrogen) atoms. The average Bonchev–Trinajstić information content (AvgIpc) is 2.58. The van der Waals surface area contributed by atoms with Gasteiger partial charge in [0.2, 0.25) is 0 Å². The number of nitrogens with one attached hydrogen (secondary N) is 1. The number of ether oxygens (including phenoxy) is 2. The summed E-state index contributed by atoms with van der Waals surface area (Å²) in [5, 5.41) is 11.2. The Morgan fingerprint density at radius 1 is 1.29 bits per heavy atom. The number of amides is 1. The van der Waals surface area contributed by atoms with Crippen LogP contribution >= 0.6 is 11.6 Å². The molecule has 0 heterocycles. The number of hydrogen-bond acceptors (Lipinski definition) is 4. The largest absolute Gasteiger partial charge is 0.490 e. The average molecular weight is 349 g/mol. The van der Waals surface area contributed by atoms with Crippen molar-refractivity contribution in [3.63, 3.8) is 0 Å². The van der Waals surface area contributed by atoms with E-state index < -0.39 is 11.7 Å². The van der Waals surface area contributed by atoms with Crippen molar-refractivity contribution < 1.29 is 18.7 Å². The zero-order valence-corrected chi connectivity index (χ0v) is 13.6. The van der Waals surface area contributed by atoms with Crippen molar-refractivity contribution >= 4 is 23.2 Å². The lowest BCUT2D eigenvalue weighted by Gasteiger charge is -2.12. The summed E-state index contributed by atoms with van der Waals surface area (Å²) in [6.45, 7) is 1.82. The van der Waals surface area contributed by atoms with Crippen LogP contribution in [0.25, 0.3) is 0 Å². The third-order valence-corrected chi connectivity index (χ3v) is 3.25. The number of nitriles is 1. The molecular formula is C17H14ClFN2O3. The molecule has 124 valence electrons. The SMILES string of the molecule is CCOc1cc(C#N)ccc1OCC(=O)Nc1cccc(Cl)c1F. The number of carbonyl (C=O) groups is 1. The Bertz CT molecular complexity index is 790. The number of nitrogens with zero attached hydrogens (tertiary/aromatic N) is 1. The maximum atomic E-state index is 13.7. The number of carbonyl (C=O) groups excluding carboxylic acids is 1. The molecule has 0 spiro atoms. The molecule has 0 unspecified atom stereocenters. The fourth-order valence-electron chi connectivity index (χ4n) is 1.90. The van der Waals surface area contributed by atoms with E-state index in [9.17, 15) is 9.18 Å². The first-order valence-corrected chi connectivity index (χ1v) is 7.46. The topological polar surface area (TPSA) is 71.3 Å². The van der Waals surface area contributed by atoms with Crippen LogP contribution in [-0.4, -0.2) is 19.1 Å². The van der Waals surface area contributed by atoms with Crippen LogP contribution in [0.5, 0.6) is 11.5 Å². The standard InChI is InChI=1S/C17H14ClFN2O3/c1-2-23-15-8-11(9-20)6-7-14(15)24-10-16(22)21-13-5-3-4-12(18)17(13)19/h3-8H,2,10H2,1H3,(H,21,22). The summed E-state index contributed by atoms with van der Waals surface area (Å²) >= 11 is 5.65. The molecule has 0 fully saturated rings. The highest BCUT2D eigenvalue weighted by molar-refractivity contribution is 6.31. The summed E-state index contributed by atoms with van der Waals surface area (Å²) in [7, 11) is 0. The number of halogens is 2. The zero-order valence-electron chi connectivity index (χ0n) is 12.8. The first kappa shape index (κ1) is 17.6. The van der Waals surface area contributed by atoms with Gasteiger partial charge >= 0.3 is 0 Å². The second kappa shape index (κ2) is 8.18. The van der Waals surface area contributed by atoms with Crippen molar-refractivity contribution in [3.8, 4) is 17.6 Å². The minimum atomic E-state index is -0.708. The molecule has 2 aromatic rings. The second-order valence-electron chi connectivity index (χ2n) is 4.64. The molecule has 0 atom stereocenters. The van der Waals surface area contributed by atoms with Gasteiger partial charge in [0.05, 0.1) is 28.9 Å². The smallest absolute Gasteiger partial charge is 0.262 e. The van der Waals surface area contributed by atoms with E-state index >= 15 is 0 Å². The molecule has 0 saturated carbocycles. The van der Waals surface area contributed by atoms with Gasteiger partial charge in [-0.1, -0.05) is 17.7 Å².